The van der Waals surface area contributed by atoms with Crippen molar-refractivity contribution in [2.75, 3.05) is 30.8 Å². The summed E-state index contributed by atoms with van der Waals surface area (Å²) in [5, 5.41) is 12.5. The van der Waals surface area contributed by atoms with Crippen molar-refractivity contribution in [3.8, 4) is 0 Å². The van der Waals surface area contributed by atoms with Gasteiger partial charge in [-0.25, -0.2) is 0 Å². The lowest BCUT2D eigenvalue weighted by molar-refractivity contribution is -0.124. The van der Waals surface area contributed by atoms with E-state index in [4.69, 9.17) is 4.74 Å². The van der Waals surface area contributed by atoms with Crippen LogP contribution < -0.4 is 21.3 Å². The topological polar surface area (TPSA) is 104 Å². The Labute approximate surface area is 211 Å². The minimum atomic E-state index is -0.355. The van der Waals surface area contributed by atoms with Gasteiger partial charge in [0, 0.05) is 50.5 Å². The number of hydrogen-bond acceptors (Lipinski definition) is 4. The van der Waals surface area contributed by atoms with Crippen molar-refractivity contribution < 1.29 is 14.3 Å². The number of hydrogen-bond donors (Lipinski definition) is 4. The number of carbonyl (C=O) groups excluding carboxylic acids is 2. The summed E-state index contributed by atoms with van der Waals surface area (Å²) in [6, 6.07) is 15.6. The van der Waals surface area contributed by atoms with Gasteiger partial charge in [0.2, 0.25) is 5.91 Å². The summed E-state index contributed by atoms with van der Waals surface area (Å²) in [7, 11) is 1.72. The van der Waals surface area contributed by atoms with Crippen molar-refractivity contribution in [3.05, 3.63) is 59.7 Å². The fourth-order valence-electron chi connectivity index (χ4n) is 4.08. The number of guanidine groups is 1. The molecule has 0 bridgehead atoms. The standard InChI is InChI=1S/C24H29N5O3.HI/c1-25-24(27-15-17-13-22(30)29-20-9-3-2-8-19(17)20)26-14-16-6-4-7-18(12-16)28-23(31)21-10-5-11-32-21;/h2-4,6-9,12,17,21H,5,10-11,13-15H2,1H3,(H,28,31)(H,29,30)(H2,25,26,27);1H. The quantitative estimate of drug-likeness (QED) is 0.246. The lowest BCUT2D eigenvalue weighted by Gasteiger charge is -2.26. The average Bonchev–Trinajstić information content (AvgIpc) is 3.34. The minimum Gasteiger partial charge on any atom is -0.368 e. The van der Waals surface area contributed by atoms with Crippen LogP contribution in [0, 0.1) is 0 Å². The molecule has 0 saturated carbocycles. The largest absolute Gasteiger partial charge is 0.368 e. The number of amides is 2. The van der Waals surface area contributed by atoms with E-state index in [0.29, 0.717) is 32.1 Å². The van der Waals surface area contributed by atoms with Crippen LogP contribution in [0.25, 0.3) is 0 Å². The van der Waals surface area contributed by atoms with E-state index in [0.717, 1.165) is 35.3 Å². The van der Waals surface area contributed by atoms with Gasteiger partial charge in [-0.1, -0.05) is 30.3 Å². The molecule has 33 heavy (non-hydrogen) atoms. The predicted molar refractivity (Wildman–Crippen MR) is 140 cm³/mol. The number of nitrogens with one attached hydrogen (secondary N) is 4. The SMILES string of the molecule is CN=C(NCc1cccc(NC(=O)C2CCCO2)c1)NCC1CC(=O)Nc2ccccc21.I. The van der Waals surface area contributed by atoms with Crippen molar-refractivity contribution in [1.29, 1.82) is 0 Å². The van der Waals surface area contributed by atoms with Crippen LogP contribution in [0.5, 0.6) is 0 Å². The fourth-order valence-corrected chi connectivity index (χ4v) is 4.08. The van der Waals surface area contributed by atoms with E-state index in [-0.39, 0.29) is 47.8 Å². The molecule has 0 radical (unpaired) electrons. The van der Waals surface area contributed by atoms with Crippen LogP contribution in [0.4, 0.5) is 11.4 Å². The number of fused-ring (bicyclic) bond motifs is 1. The smallest absolute Gasteiger partial charge is 0.253 e. The molecule has 8 nitrogen and oxygen atoms in total. The average molecular weight is 563 g/mol. The molecule has 2 aromatic rings. The Morgan fingerprint density at radius 1 is 1.18 bits per heavy atom. The minimum absolute atomic E-state index is 0. The third-order valence-corrected chi connectivity index (χ3v) is 5.72. The lowest BCUT2D eigenvalue weighted by atomic mass is 9.90. The van der Waals surface area contributed by atoms with Crippen LogP contribution in [-0.2, 0) is 20.9 Å². The van der Waals surface area contributed by atoms with Gasteiger partial charge in [-0.3, -0.25) is 14.6 Å². The first-order chi connectivity index (χ1) is 15.6. The number of benzene rings is 2. The molecule has 9 heteroatoms. The van der Waals surface area contributed by atoms with Gasteiger partial charge in [0.05, 0.1) is 0 Å². The Hall–Kier alpha value is -2.66. The zero-order chi connectivity index (χ0) is 22.3. The molecule has 0 aliphatic carbocycles. The first-order valence-corrected chi connectivity index (χ1v) is 11.0. The number of carbonyl (C=O) groups is 2. The highest BCUT2D eigenvalue weighted by molar-refractivity contribution is 14.0. The van der Waals surface area contributed by atoms with Crippen molar-refractivity contribution in [3.63, 3.8) is 0 Å². The molecule has 1 saturated heterocycles. The Morgan fingerprint density at radius 3 is 2.82 bits per heavy atom. The Bertz CT molecular complexity index is 1010. The molecule has 4 rings (SSSR count). The first-order valence-electron chi connectivity index (χ1n) is 11.0. The Balaban J connectivity index is 0.00000306. The number of ether oxygens (including phenoxy) is 1. The number of nitrogens with zero attached hydrogens (tertiary/aromatic N) is 1. The molecular formula is C24H30IN5O3. The summed E-state index contributed by atoms with van der Waals surface area (Å²) in [5.41, 5.74) is 3.77. The molecule has 1 fully saturated rings. The number of halogens is 1. The van der Waals surface area contributed by atoms with Crippen LogP contribution in [0.2, 0.25) is 0 Å². The molecule has 176 valence electrons. The summed E-state index contributed by atoms with van der Waals surface area (Å²) in [4.78, 5) is 28.6. The van der Waals surface area contributed by atoms with E-state index in [2.05, 4.69) is 26.3 Å². The van der Waals surface area contributed by atoms with E-state index in [1.165, 1.54) is 0 Å². The van der Waals surface area contributed by atoms with Gasteiger partial charge >= 0.3 is 0 Å². The van der Waals surface area contributed by atoms with E-state index in [9.17, 15) is 9.59 Å². The van der Waals surface area contributed by atoms with Crippen molar-refractivity contribution in [2.45, 2.75) is 37.8 Å². The predicted octanol–water partition coefficient (Wildman–Crippen LogP) is 3.21. The summed E-state index contributed by atoms with van der Waals surface area (Å²) in [6.45, 7) is 1.79. The number of anilines is 2. The lowest BCUT2D eigenvalue weighted by Crippen LogP contribution is -2.40. The van der Waals surface area contributed by atoms with Crippen molar-refractivity contribution in [1.82, 2.24) is 10.6 Å². The summed E-state index contributed by atoms with van der Waals surface area (Å²) >= 11 is 0. The zero-order valence-electron chi connectivity index (χ0n) is 18.6. The zero-order valence-corrected chi connectivity index (χ0v) is 20.9. The van der Waals surface area contributed by atoms with Gasteiger partial charge in [-0.2, -0.15) is 0 Å². The third-order valence-electron chi connectivity index (χ3n) is 5.72. The molecule has 2 unspecified atom stereocenters. The maximum atomic E-state index is 12.3. The molecule has 2 aromatic carbocycles. The van der Waals surface area contributed by atoms with Gasteiger partial charge in [0.25, 0.3) is 5.91 Å². The van der Waals surface area contributed by atoms with Gasteiger partial charge < -0.3 is 26.0 Å². The molecule has 0 aromatic heterocycles. The van der Waals surface area contributed by atoms with Gasteiger partial charge in [0.1, 0.15) is 6.10 Å². The Kier molecular flexibility index (Phi) is 9.07. The van der Waals surface area contributed by atoms with E-state index in [1.807, 2.05) is 48.5 Å². The molecule has 2 aliphatic rings. The number of rotatable bonds is 6. The highest BCUT2D eigenvalue weighted by atomic mass is 127. The molecule has 2 atom stereocenters. The molecule has 2 aliphatic heterocycles. The van der Waals surface area contributed by atoms with Gasteiger partial charge in [-0.15, -0.1) is 24.0 Å². The van der Waals surface area contributed by atoms with Gasteiger partial charge in [-0.05, 0) is 42.2 Å². The van der Waals surface area contributed by atoms with Crippen LogP contribution in [0.3, 0.4) is 0 Å². The molecule has 2 heterocycles. The van der Waals surface area contributed by atoms with Crippen LogP contribution in [0.1, 0.15) is 36.3 Å². The monoisotopic (exact) mass is 563 g/mol. The second kappa shape index (κ2) is 12.0. The molecule has 2 amide bonds. The third kappa shape index (κ3) is 6.67. The summed E-state index contributed by atoms with van der Waals surface area (Å²) < 4.78 is 5.44. The maximum absolute atomic E-state index is 12.3. The number of para-hydroxylation sites is 1. The molecule has 0 spiro atoms. The number of aliphatic imine (C=N–C) groups is 1. The van der Waals surface area contributed by atoms with Crippen LogP contribution in [-0.4, -0.2) is 44.1 Å². The second-order valence-corrected chi connectivity index (χ2v) is 8.03. The second-order valence-electron chi connectivity index (χ2n) is 8.03. The molecular weight excluding hydrogens is 533 g/mol. The highest BCUT2D eigenvalue weighted by Gasteiger charge is 2.25. The van der Waals surface area contributed by atoms with Gasteiger partial charge in [0.15, 0.2) is 5.96 Å². The highest BCUT2D eigenvalue weighted by Crippen LogP contribution is 2.31. The van der Waals surface area contributed by atoms with Crippen LogP contribution >= 0.6 is 24.0 Å². The van der Waals surface area contributed by atoms with Crippen LogP contribution in [0.15, 0.2) is 53.5 Å². The van der Waals surface area contributed by atoms with E-state index in [1.54, 1.807) is 7.05 Å². The normalized spacial score (nSPS) is 19.7. The molecule has 4 N–H and O–H groups in total. The fraction of sp³-hybridized carbons (Fsp3) is 0.375. The first kappa shape index (κ1) is 25.0. The maximum Gasteiger partial charge on any atom is 0.253 e. The summed E-state index contributed by atoms with van der Waals surface area (Å²) in [5.74, 6) is 0.666. The summed E-state index contributed by atoms with van der Waals surface area (Å²) in [6.07, 6.45) is 1.77. The van der Waals surface area contributed by atoms with Crippen molar-refractivity contribution >= 4 is 53.1 Å². The van der Waals surface area contributed by atoms with E-state index < -0.39 is 0 Å². The Morgan fingerprint density at radius 2 is 2.03 bits per heavy atom. The van der Waals surface area contributed by atoms with E-state index >= 15 is 0 Å². The van der Waals surface area contributed by atoms with Crippen molar-refractivity contribution in [2.24, 2.45) is 4.99 Å².